The molecule has 0 aliphatic rings. The lowest BCUT2D eigenvalue weighted by molar-refractivity contribution is 0.288. The number of pyridine rings is 1. The summed E-state index contributed by atoms with van der Waals surface area (Å²) in [5.41, 5.74) is 8.06. The van der Waals surface area contributed by atoms with E-state index in [4.69, 9.17) is 10.8 Å². The highest BCUT2D eigenvalue weighted by atomic mass is 16.2. The van der Waals surface area contributed by atoms with Gasteiger partial charge in [0.15, 0.2) is 5.82 Å². The highest BCUT2D eigenvalue weighted by Gasteiger charge is 2.09. The maximum atomic E-state index is 8.80. The largest absolute Gasteiger partial charge is 0.396 e. The first-order valence-electron chi connectivity index (χ1n) is 5.58. The van der Waals surface area contributed by atoms with E-state index >= 15 is 0 Å². The number of aryl methyl sites for hydroxylation is 2. The Labute approximate surface area is 99.9 Å². The lowest BCUT2D eigenvalue weighted by atomic mass is 10.2. The highest BCUT2D eigenvalue weighted by molar-refractivity contribution is 5.45. The van der Waals surface area contributed by atoms with Crippen LogP contribution in [0.3, 0.4) is 0 Å². The van der Waals surface area contributed by atoms with Crippen LogP contribution in [0.4, 0.5) is 5.82 Å². The normalized spacial score (nSPS) is 10.7. The SMILES string of the molecule is Cc1ccnc(-n2ncc(CCCO)c2N)c1. The standard InChI is InChI=1S/C12H16N4O/c1-9-4-5-14-11(7-9)16-12(13)10(8-15-16)3-2-6-17/h4-5,7-8,17H,2-3,6,13H2,1H3. The average Bonchev–Trinajstić information content (AvgIpc) is 2.68. The van der Waals surface area contributed by atoms with Gasteiger partial charge in [0.1, 0.15) is 5.82 Å². The molecule has 0 unspecified atom stereocenters. The van der Waals surface area contributed by atoms with Crippen molar-refractivity contribution in [1.82, 2.24) is 14.8 Å². The monoisotopic (exact) mass is 232 g/mol. The Balaban J connectivity index is 2.30. The minimum Gasteiger partial charge on any atom is -0.396 e. The van der Waals surface area contributed by atoms with Crippen LogP contribution in [0.25, 0.3) is 5.82 Å². The van der Waals surface area contributed by atoms with Crippen molar-refractivity contribution in [2.24, 2.45) is 0 Å². The molecule has 2 aromatic rings. The van der Waals surface area contributed by atoms with E-state index in [1.807, 2.05) is 19.1 Å². The number of aliphatic hydroxyl groups excluding tert-OH is 1. The summed E-state index contributed by atoms with van der Waals surface area (Å²) in [5, 5.41) is 13.0. The van der Waals surface area contributed by atoms with Crippen LogP contribution in [0.2, 0.25) is 0 Å². The quantitative estimate of drug-likeness (QED) is 0.827. The Morgan fingerprint density at radius 2 is 2.29 bits per heavy atom. The highest BCUT2D eigenvalue weighted by Crippen LogP contribution is 2.17. The van der Waals surface area contributed by atoms with Crippen molar-refractivity contribution < 1.29 is 5.11 Å². The summed E-state index contributed by atoms with van der Waals surface area (Å²) in [6.07, 6.45) is 4.89. The fourth-order valence-electron chi connectivity index (χ4n) is 1.67. The van der Waals surface area contributed by atoms with Gasteiger partial charge in [-0.1, -0.05) is 0 Å². The van der Waals surface area contributed by atoms with Crippen LogP contribution in [-0.2, 0) is 6.42 Å². The summed E-state index contributed by atoms with van der Waals surface area (Å²) in [6.45, 7) is 2.16. The molecule has 90 valence electrons. The number of aliphatic hydroxyl groups is 1. The predicted molar refractivity (Wildman–Crippen MR) is 65.9 cm³/mol. The van der Waals surface area contributed by atoms with E-state index in [1.54, 1.807) is 17.1 Å². The molecule has 0 aromatic carbocycles. The van der Waals surface area contributed by atoms with Crippen molar-refractivity contribution in [3.8, 4) is 5.82 Å². The molecular weight excluding hydrogens is 216 g/mol. The molecule has 0 atom stereocenters. The molecule has 0 fully saturated rings. The Kier molecular flexibility index (Phi) is 3.39. The fourth-order valence-corrected chi connectivity index (χ4v) is 1.67. The van der Waals surface area contributed by atoms with Crippen LogP contribution in [0.15, 0.2) is 24.5 Å². The number of anilines is 1. The molecule has 0 radical (unpaired) electrons. The zero-order valence-electron chi connectivity index (χ0n) is 9.80. The lowest BCUT2D eigenvalue weighted by Crippen LogP contribution is -2.05. The second-order valence-corrected chi connectivity index (χ2v) is 3.99. The van der Waals surface area contributed by atoms with E-state index in [0.29, 0.717) is 12.2 Å². The molecule has 0 amide bonds. The molecule has 0 saturated carbocycles. The summed E-state index contributed by atoms with van der Waals surface area (Å²) >= 11 is 0. The second-order valence-electron chi connectivity index (χ2n) is 3.99. The van der Waals surface area contributed by atoms with Gasteiger partial charge in [-0.15, -0.1) is 0 Å². The van der Waals surface area contributed by atoms with Crippen molar-refractivity contribution in [3.63, 3.8) is 0 Å². The third-order valence-electron chi connectivity index (χ3n) is 2.61. The maximum Gasteiger partial charge on any atom is 0.155 e. The first-order chi connectivity index (χ1) is 8.22. The molecule has 5 heteroatoms. The van der Waals surface area contributed by atoms with Crippen LogP contribution < -0.4 is 5.73 Å². The van der Waals surface area contributed by atoms with Gasteiger partial charge in [0.25, 0.3) is 0 Å². The molecule has 0 bridgehead atoms. The lowest BCUT2D eigenvalue weighted by Gasteiger charge is -2.04. The minimum atomic E-state index is 0.160. The van der Waals surface area contributed by atoms with Crippen molar-refractivity contribution in [2.75, 3.05) is 12.3 Å². The average molecular weight is 232 g/mol. The van der Waals surface area contributed by atoms with E-state index in [-0.39, 0.29) is 6.61 Å². The number of nitrogens with zero attached hydrogens (tertiary/aromatic N) is 3. The molecule has 5 nitrogen and oxygen atoms in total. The molecule has 0 spiro atoms. The zero-order valence-corrected chi connectivity index (χ0v) is 9.80. The molecule has 2 aromatic heterocycles. The summed E-state index contributed by atoms with van der Waals surface area (Å²) in [5.74, 6) is 1.31. The Bertz CT molecular complexity index is 507. The molecular formula is C12H16N4O. The van der Waals surface area contributed by atoms with Crippen molar-refractivity contribution in [3.05, 3.63) is 35.7 Å². The second kappa shape index (κ2) is 4.97. The first kappa shape index (κ1) is 11.6. The van der Waals surface area contributed by atoms with Crippen molar-refractivity contribution >= 4 is 5.82 Å². The van der Waals surface area contributed by atoms with Gasteiger partial charge in [0.2, 0.25) is 0 Å². The first-order valence-corrected chi connectivity index (χ1v) is 5.58. The van der Waals surface area contributed by atoms with Gasteiger partial charge < -0.3 is 10.8 Å². The van der Waals surface area contributed by atoms with Gasteiger partial charge in [0.05, 0.1) is 6.20 Å². The summed E-state index contributed by atoms with van der Waals surface area (Å²) in [7, 11) is 0. The summed E-state index contributed by atoms with van der Waals surface area (Å²) < 4.78 is 1.62. The number of aromatic nitrogens is 3. The molecule has 3 N–H and O–H groups in total. The minimum absolute atomic E-state index is 0.160. The summed E-state index contributed by atoms with van der Waals surface area (Å²) in [6, 6.07) is 3.86. The molecule has 2 rings (SSSR count). The zero-order chi connectivity index (χ0) is 12.3. The smallest absolute Gasteiger partial charge is 0.155 e. The van der Waals surface area contributed by atoms with Crippen LogP contribution in [-0.4, -0.2) is 26.5 Å². The van der Waals surface area contributed by atoms with Crippen molar-refractivity contribution in [2.45, 2.75) is 19.8 Å². The van der Waals surface area contributed by atoms with Crippen LogP contribution in [0.5, 0.6) is 0 Å². The molecule has 0 saturated heterocycles. The molecule has 0 aliphatic carbocycles. The van der Waals surface area contributed by atoms with Gasteiger partial charge in [-0.2, -0.15) is 9.78 Å². The molecule has 17 heavy (non-hydrogen) atoms. The van der Waals surface area contributed by atoms with Crippen LogP contribution in [0.1, 0.15) is 17.5 Å². The summed E-state index contributed by atoms with van der Waals surface area (Å²) in [4.78, 5) is 4.24. The number of hydrogen-bond acceptors (Lipinski definition) is 4. The number of nitrogens with two attached hydrogens (primary N) is 1. The fraction of sp³-hybridized carbons (Fsp3) is 0.333. The topological polar surface area (TPSA) is 77.0 Å². The number of rotatable bonds is 4. The predicted octanol–water partition coefficient (Wildman–Crippen LogP) is 1.08. The van der Waals surface area contributed by atoms with Gasteiger partial charge >= 0.3 is 0 Å². The number of hydrogen-bond donors (Lipinski definition) is 2. The van der Waals surface area contributed by atoms with E-state index < -0.39 is 0 Å². The van der Waals surface area contributed by atoms with Crippen LogP contribution >= 0.6 is 0 Å². The van der Waals surface area contributed by atoms with E-state index in [9.17, 15) is 0 Å². The third kappa shape index (κ3) is 2.45. The van der Waals surface area contributed by atoms with Crippen molar-refractivity contribution in [1.29, 1.82) is 0 Å². The Hall–Kier alpha value is -1.88. The van der Waals surface area contributed by atoms with Gasteiger partial charge in [-0.05, 0) is 37.5 Å². The van der Waals surface area contributed by atoms with E-state index in [0.717, 1.165) is 23.4 Å². The Morgan fingerprint density at radius 1 is 1.47 bits per heavy atom. The van der Waals surface area contributed by atoms with E-state index in [2.05, 4.69) is 10.1 Å². The third-order valence-corrected chi connectivity index (χ3v) is 2.61. The molecule has 2 heterocycles. The Morgan fingerprint density at radius 3 is 3.00 bits per heavy atom. The van der Waals surface area contributed by atoms with Gasteiger partial charge in [-0.3, -0.25) is 0 Å². The van der Waals surface area contributed by atoms with Gasteiger partial charge in [0, 0.05) is 18.4 Å². The number of nitrogen functional groups attached to an aromatic ring is 1. The maximum absolute atomic E-state index is 8.80. The molecule has 0 aliphatic heterocycles. The van der Waals surface area contributed by atoms with Crippen LogP contribution in [0, 0.1) is 6.92 Å². The van der Waals surface area contributed by atoms with Gasteiger partial charge in [-0.25, -0.2) is 4.98 Å². The van der Waals surface area contributed by atoms with E-state index in [1.165, 1.54) is 0 Å².